The molecule has 7 heteroatoms. The number of morpholine rings is 1. The first kappa shape index (κ1) is 14.3. The first-order chi connectivity index (χ1) is 8.91. The van der Waals surface area contributed by atoms with E-state index in [1.165, 1.54) is 12.1 Å². The SMILES string of the molecule is CC1COC(CN)CN1c1ccc(S(N)(=O)=O)cc1. The second-order valence-corrected chi connectivity index (χ2v) is 6.29. The molecule has 4 N–H and O–H groups in total. The summed E-state index contributed by atoms with van der Waals surface area (Å²) in [6.45, 7) is 3.84. The Labute approximate surface area is 113 Å². The van der Waals surface area contributed by atoms with E-state index in [1.54, 1.807) is 12.1 Å². The zero-order valence-corrected chi connectivity index (χ0v) is 11.6. The highest BCUT2D eigenvalue weighted by Crippen LogP contribution is 2.23. The molecule has 1 saturated heterocycles. The number of sulfonamides is 1. The number of nitrogens with two attached hydrogens (primary N) is 2. The zero-order valence-electron chi connectivity index (χ0n) is 10.8. The van der Waals surface area contributed by atoms with Crippen molar-refractivity contribution in [3.63, 3.8) is 0 Å². The van der Waals surface area contributed by atoms with Crippen molar-refractivity contribution in [2.24, 2.45) is 10.9 Å². The van der Waals surface area contributed by atoms with Gasteiger partial charge in [0, 0.05) is 24.8 Å². The van der Waals surface area contributed by atoms with Crippen LogP contribution in [0.2, 0.25) is 0 Å². The molecular formula is C12H19N3O3S. The maximum Gasteiger partial charge on any atom is 0.238 e. The minimum absolute atomic E-state index is 0.00844. The first-order valence-electron chi connectivity index (χ1n) is 6.13. The lowest BCUT2D eigenvalue weighted by molar-refractivity contribution is 0.0283. The summed E-state index contributed by atoms with van der Waals surface area (Å²) in [6, 6.07) is 6.78. The van der Waals surface area contributed by atoms with E-state index in [-0.39, 0.29) is 17.0 Å². The van der Waals surface area contributed by atoms with Crippen LogP contribution in [0.4, 0.5) is 5.69 Å². The summed E-state index contributed by atoms with van der Waals surface area (Å²) in [5.74, 6) is 0. The van der Waals surface area contributed by atoms with E-state index >= 15 is 0 Å². The maximum absolute atomic E-state index is 11.2. The third-order valence-electron chi connectivity index (χ3n) is 3.27. The number of nitrogens with zero attached hydrogens (tertiary/aromatic N) is 1. The fourth-order valence-electron chi connectivity index (χ4n) is 2.15. The van der Waals surface area contributed by atoms with Gasteiger partial charge in [-0.15, -0.1) is 0 Å². The second-order valence-electron chi connectivity index (χ2n) is 4.73. The third-order valence-corrected chi connectivity index (χ3v) is 4.19. The Balaban J connectivity index is 2.21. The number of rotatable bonds is 3. The average Bonchev–Trinajstić information content (AvgIpc) is 2.38. The average molecular weight is 285 g/mol. The highest BCUT2D eigenvalue weighted by atomic mass is 32.2. The van der Waals surface area contributed by atoms with Crippen molar-refractivity contribution in [3.8, 4) is 0 Å². The van der Waals surface area contributed by atoms with Crippen LogP contribution in [0.5, 0.6) is 0 Å². The predicted molar refractivity (Wildman–Crippen MR) is 73.4 cm³/mol. The van der Waals surface area contributed by atoms with E-state index in [9.17, 15) is 8.42 Å². The van der Waals surface area contributed by atoms with Crippen LogP contribution in [0.25, 0.3) is 0 Å². The van der Waals surface area contributed by atoms with E-state index in [4.69, 9.17) is 15.6 Å². The van der Waals surface area contributed by atoms with E-state index in [1.807, 2.05) is 0 Å². The van der Waals surface area contributed by atoms with Gasteiger partial charge in [0.1, 0.15) is 0 Å². The second kappa shape index (κ2) is 5.46. The summed E-state index contributed by atoms with van der Waals surface area (Å²) in [6.07, 6.45) is 0.00844. The van der Waals surface area contributed by atoms with Crippen LogP contribution in [0.15, 0.2) is 29.2 Å². The lowest BCUT2D eigenvalue weighted by Gasteiger charge is -2.39. The maximum atomic E-state index is 11.2. The number of anilines is 1. The third kappa shape index (κ3) is 3.24. The van der Waals surface area contributed by atoms with E-state index < -0.39 is 10.0 Å². The largest absolute Gasteiger partial charge is 0.373 e. The Kier molecular flexibility index (Phi) is 4.10. The molecule has 0 bridgehead atoms. The molecule has 1 fully saturated rings. The lowest BCUT2D eigenvalue weighted by atomic mass is 10.1. The summed E-state index contributed by atoms with van der Waals surface area (Å²) < 4.78 is 28.0. The minimum Gasteiger partial charge on any atom is -0.373 e. The van der Waals surface area contributed by atoms with Crippen molar-refractivity contribution >= 4 is 15.7 Å². The van der Waals surface area contributed by atoms with Gasteiger partial charge in [0.2, 0.25) is 10.0 Å². The topological polar surface area (TPSA) is 98.7 Å². The van der Waals surface area contributed by atoms with Crippen molar-refractivity contribution in [1.82, 2.24) is 0 Å². The molecule has 2 unspecified atom stereocenters. The van der Waals surface area contributed by atoms with Crippen LogP contribution in [-0.2, 0) is 14.8 Å². The first-order valence-corrected chi connectivity index (χ1v) is 7.67. The van der Waals surface area contributed by atoms with Gasteiger partial charge in [-0.3, -0.25) is 0 Å². The van der Waals surface area contributed by atoms with Gasteiger partial charge >= 0.3 is 0 Å². The van der Waals surface area contributed by atoms with Crippen LogP contribution in [0.3, 0.4) is 0 Å². The molecule has 1 heterocycles. The van der Waals surface area contributed by atoms with Crippen LogP contribution >= 0.6 is 0 Å². The van der Waals surface area contributed by atoms with Gasteiger partial charge in [-0.25, -0.2) is 13.6 Å². The Bertz CT molecular complexity index is 530. The number of benzene rings is 1. The Hall–Kier alpha value is -1.15. The molecule has 1 aliphatic heterocycles. The van der Waals surface area contributed by atoms with Gasteiger partial charge in [-0.2, -0.15) is 0 Å². The molecule has 19 heavy (non-hydrogen) atoms. The Morgan fingerprint density at radius 2 is 2.00 bits per heavy atom. The number of primary sulfonamides is 1. The van der Waals surface area contributed by atoms with Crippen molar-refractivity contribution in [2.45, 2.75) is 24.0 Å². The van der Waals surface area contributed by atoms with Gasteiger partial charge in [0.25, 0.3) is 0 Å². The molecule has 1 aliphatic rings. The molecule has 1 aromatic carbocycles. The van der Waals surface area contributed by atoms with Crippen molar-refractivity contribution < 1.29 is 13.2 Å². The highest BCUT2D eigenvalue weighted by Gasteiger charge is 2.25. The molecule has 0 radical (unpaired) electrons. The summed E-state index contributed by atoms with van der Waals surface area (Å²) in [5, 5.41) is 5.08. The van der Waals surface area contributed by atoms with E-state index in [0.717, 1.165) is 5.69 Å². The smallest absolute Gasteiger partial charge is 0.238 e. The van der Waals surface area contributed by atoms with E-state index in [0.29, 0.717) is 19.7 Å². The molecule has 1 aromatic rings. The highest BCUT2D eigenvalue weighted by molar-refractivity contribution is 7.89. The van der Waals surface area contributed by atoms with Crippen LogP contribution in [0, 0.1) is 0 Å². The standard InChI is InChI=1S/C12H19N3O3S/c1-9-8-18-11(6-13)7-15(9)10-2-4-12(5-3-10)19(14,16)17/h2-5,9,11H,6-8,13H2,1H3,(H2,14,16,17). The predicted octanol–water partition coefficient (Wildman–Crippen LogP) is -0.114. The summed E-state index contributed by atoms with van der Waals surface area (Å²) in [4.78, 5) is 2.28. The van der Waals surface area contributed by atoms with Crippen LogP contribution < -0.4 is 15.8 Å². The number of ether oxygens (including phenoxy) is 1. The Morgan fingerprint density at radius 1 is 1.37 bits per heavy atom. The molecule has 0 amide bonds. The molecular weight excluding hydrogens is 266 g/mol. The van der Waals surface area contributed by atoms with Crippen molar-refractivity contribution in [1.29, 1.82) is 0 Å². The molecule has 0 saturated carbocycles. The zero-order chi connectivity index (χ0) is 14.0. The van der Waals surface area contributed by atoms with Gasteiger partial charge in [0.05, 0.1) is 17.6 Å². The van der Waals surface area contributed by atoms with Crippen LogP contribution in [0.1, 0.15) is 6.92 Å². The normalized spacial score (nSPS) is 24.5. The molecule has 2 rings (SSSR count). The molecule has 0 spiro atoms. The molecule has 6 nitrogen and oxygen atoms in total. The van der Waals surface area contributed by atoms with Gasteiger partial charge in [-0.1, -0.05) is 0 Å². The van der Waals surface area contributed by atoms with E-state index in [2.05, 4.69) is 11.8 Å². The fraction of sp³-hybridized carbons (Fsp3) is 0.500. The number of hydrogen-bond donors (Lipinski definition) is 2. The molecule has 2 atom stereocenters. The Morgan fingerprint density at radius 3 is 2.53 bits per heavy atom. The van der Waals surface area contributed by atoms with Gasteiger partial charge < -0.3 is 15.4 Å². The quantitative estimate of drug-likeness (QED) is 0.807. The lowest BCUT2D eigenvalue weighted by Crippen LogP contribution is -2.50. The monoisotopic (exact) mass is 285 g/mol. The summed E-state index contributed by atoms with van der Waals surface area (Å²) in [5.41, 5.74) is 6.57. The van der Waals surface area contributed by atoms with Crippen molar-refractivity contribution in [2.75, 3.05) is 24.6 Å². The minimum atomic E-state index is -3.64. The molecule has 0 aromatic heterocycles. The van der Waals surface area contributed by atoms with Crippen molar-refractivity contribution in [3.05, 3.63) is 24.3 Å². The van der Waals surface area contributed by atoms with Gasteiger partial charge in [0.15, 0.2) is 0 Å². The summed E-state index contributed by atoms with van der Waals surface area (Å²) in [7, 11) is -3.64. The molecule has 106 valence electrons. The van der Waals surface area contributed by atoms with Gasteiger partial charge in [-0.05, 0) is 31.2 Å². The van der Waals surface area contributed by atoms with Crippen LogP contribution in [-0.4, -0.2) is 40.3 Å². The fourth-order valence-corrected chi connectivity index (χ4v) is 2.66. The number of hydrogen-bond acceptors (Lipinski definition) is 5. The summed E-state index contributed by atoms with van der Waals surface area (Å²) >= 11 is 0. The molecule has 0 aliphatic carbocycles.